The quantitative estimate of drug-likeness (QED) is 0.233. The third kappa shape index (κ3) is 4.22. The lowest BCUT2D eigenvalue weighted by Gasteiger charge is -2.04. The molecule has 0 saturated carbocycles. The minimum Gasteiger partial charge on any atom is -0.222 e. The van der Waals surface area contributed by atoms with Gasteiger partial charge in [0.15, 0.2) is 9.66 Å². The lowest BCUT2D eigenvalue weighted by molar-refractivity contribution is 0.665. The van der Waals surface area contributed by atoms with Crippen molar-refractivity contribution < 1.29 is 0 Å². The van der Waals surface area contributed by atoms with Crippen molar-refractivity contribution in [2.45, 2.75) is 72.6 Å². The van der Waals surface area contributed by atoms with E-state index in [1.807, 2.05) is 22.7 Å². The summed E-state index contributed by atoms with van der Waals surface area (Å²) < 4.78 is 0. The van der Waals surface area contributed by atoms with Gasteiger partial charge in [-0.3, -0.25) is 0 Å². The van der Waals surface area contributed by atoms with Crippen molar-refractivity contribution in [1.29, 1.82) is 0 Å². The molecule has 0 aliphatic rings. The maximum absolute atomic E-state index is 5.01. The van der Waals surface area contributed by atoms with E-state index in [-0.39, 0.29) is 0 Å². The maximum Gasteiger partial charge on any atom is 0.155 e. The minimum atomic E-state index is 1.06. The Morgan fingerprint density at radius 2 is 1.38 bits per heavy atom. The number of nitrogens with zero attached hydrogens (tertiary/aromatic N) is 2. The lowest BCUT2D eigenvalue weighted by atomic mass is 10.0. The summed E-state index contributed by atoms with van der Waals surface area (Å²) in [5.41, 5.74) is 5.88. The van der Waals surface area contributed by atoms with Crippen molar-refractivity contribution in [3.63, 3.8) is 0 Å². The number of fused-ring (bicyclic) bond motifs is 1. The van der Waals surface area contributed by atoms with Gasteiger partial charge in [-0.1, -0.05) is 62.7 Å². The average Bonchev–Trinajstić information content (AvgIpc) is 3.46. The number of rotatable bonds is 9. The first-order valence-corrected chi connectivity index (χ1v) is 14.0. The Hall–Kier alpha value is -1.08. The standard InChI is InChI=1S/C23H28N2S4/c1-5-8-9-10-11-15-13-27-19(17(15)7-3)21-25-23-22(29-21)24-20(28-23)18-16(6-2)14(4)12-26-18/h12-13H,5-11H2,1-4H3. The fourth-order valence-corrected chi connectivity index (χ4v) is 8.49. The highest BCUT2D eigenvalue weighted by Gasteiger charge is 2.20. The van der Waals surface area contributed by atoms with E-state index in [4.69, 9.17) is 9.97 Å². The summed E-state index contributed by atoms with van der Waals surface area (Å²) >= 11 is 7.21. The lowest BCUT2D eigenvalue weighted by Crippen LogP contribution is -1.90. The highest BCUT2D eigenvalue weighted by molar-refractivity contribution is 7.31. The third-order valence-corrected chi connectivity index (χ3v) is 10.0. The van der Waals surface area contributed by atoms with Gasteiger partial charge in [0.2, 0.25) is 0 Å². The van der Waals surface area contributed by atoms with Crippen LogP contribution in [-0.2, 0) is 19.3 Å². The number of aromatic nitrogens is 2. The summed E-state index contributed by atoms with van der Waals surface area (Å²) in [6.45, 7) is 8.98. The molecule has 29 heavy (non-hydrogen) atoms. The van der Waals surface area contributed by atoms with E-state index in [9.17, 15) is 0 Å². The zero-order valence-electron chi connectivity index (χ0n) is 17.6. The molecule has 4 aromatic rings. The Kier molecular flexibility index (Phi) is 6.84. The van der Waals surface area contributed by atoms with Crippen LogP contribution < -0.4 is 0 Å². The number of thiazole rings is 2. The fraction of sp³-hybridized carbons (Fsp3) is 0.478. The second kappa shape index (κ2) is 9.38. The minimum absolute atomic E-state index is 1.06. The molecule has 0 unspecified atom stereocenters. The van der Waals surface area contributed by atoms with Crippen LogP contribution in [0.15, 0.2) is 10.8 Å². The maximum atomic E-state index is 5.01. The highest BCUT2D eigenvalue weighted by atomic mass is 32.1. The summed E-state index contributed by atoms with van der Waals surface area (Å²) in [7, 11) is 0. The van der Waals surface area contributed by atoms with Crippen molar-refractivity contribution >= 4 is 55.0 Å². The van der Waals surface area contributed by atoms with Gasteiger partial charge in [-0.25, -0.2) is 9.97 Å². The van der Waals surface area contributed by atoms with Crippen LogP contribution in [0, 0.1) is 6.92 Å². The van der Waals surface area contributed by atoms with Crippen molar-refractivity contribution in [2.75, 3.05) is 0 Å². The molecular formula is C23H28N2S4. The van der Waals surface area contributed by atoms with Crippen LogP contribution in [-0.4, -0.2) is 9.97 Å². The van der Waals surface area contributed by atoms with Gasteiger partial charge in [0.05, 0.1) is 9.75 Å². The monoisotopic (exact) mass is 460 g/mol. The zero-order valence-corrected chi connectivity index (χ0v) is 20.9. The topological polar surface area (TPSA) is 25.8 Å². The van der Waals surface area contributed by atoms with Crippen LogP contribution >= 0.6 is 45.3 Å². The summed E-state index contributed by atoms with van der Waals surface area (Å²) in [4.78, 5) is 14.9. The van der Waals surface area contributed by atoms with Crippen LogP contribution in [0.3, 0.4) is 0 Å². The molecule has 2 nitrogen and oxygen atoms in total. The normalized spacial score (nSPS) is 11.7. The molecule has 0 atom stereocenters. The van der Waals surface area contributed by atoms with Gasteiger partial charge >= 0.3 is 0 Å². The molecule has 4 rings (SSSR count). The van der Waals surface area contributed by atoms with E-state index in [0.29, 0.717) is 0 Å². The Balaban J connectivity index is 1.60. The van der Waals surface area contributed by atoms with Crippen LogP contribution in [0.2, 0.25) is 0 Å². The molecule has 0 amide bonds. The summed E-state index contributed by atoms with van der Waals surface area (Å²) in [5.74, 6) is 0. The fourth-order valence-electron chi connectivity index (χ4n) is 3.86. The first kappa shape index (κ1) is 21.2. The van der Waals surface area contributed by atoms with Crippen LogP contribution in [0.5, 0.6) is 0 Å². The first-order chi connectivity index (χ1) is 14.2. The van der Waals surface area contributed by atoms with E-state index in [0.717, 1.165) is 32.5 Å². The van der Waals surface area contributed by atoms with Crippen molar-refractivity contribution in [3.05, 3.63) is 33.0 Å². The first-order valence-electron chi connectivity index (χ1n) is 10.6. The summed E-state index contributed by atoms with van der Waals surface area (Å²) in [6, 6.07) is 0. The predicted molar refractivity (Wildman–Crippen MR) is 133 cm³/mol. The molecule has 6 heteroatoms. The molecule has 0 saturated heterocycles. The molecule has 0 aromatic carbocycles. The molecule has 154 valence electrons. The zero-order chi connectivity index (χ0) is 20.4. The van der Waals surface area contributed by atoms with Gasteiger partial charge in [0.25, 0.3) is 0 Å². The molecule has 0 aliphatic carbocycles. The second-order valence-electron chi connectivity index (χ2n) is 7.46. The molecule has 4 aromatic heterocycles. The second-order valence-corrected chi connectivity index (χ2v) is 11.2. The van der Waals surface area contributed by atoms with Gasteiger partial charge in [-0.05, 0) is 65.6 Å². The van der Waals surface area contributed by atoms with Gasteiger partial charge in [0.1, 0.15) is 10.0 Å². The van der Waals surface area contributed by atoms with E-state index in [1.165, 1.54) is 64.1 Å². The Labute approximate surface area is 189 Å². The SMILES string of the molecule is CCCCCCc1csc(-c2nc3sc(-c4scc(C)c4CC)nc3s2)c1CC. The third-order valence-electron chi connectivity index (χ3n) is 5.46. The molecule has 0 radical (unpaired) electrons. The van der Waals surface area contributed by atoms with Crippen molar-refractivity contribution in [3.8, 4) is 19.8 Å². The van der Waals surface area contributed by atoms with E-state index >= 15 is 0 Å². The molecular weight excluding hydrogens is 433 g/mol. The number of unbranched alkanes of at least 4 members (excludes halogenated alkanes) is 3. The van der Waals surface area contributed by atoms with Crippen LogP contribution in [0.1, 0.15) is 68.7 Å². The summed E-state index contributed by atoms with van der Waals surface area (Å²) in [5, 5.41) is 6.92. The number of hydrogen-bond acceptors (Lipinski definition) is 6. The number of hydrogen-bond donors (Lipinski definition) is 0. The molecule has 0 N–H and O–H groups in total. The van der Waals surface area contributed by atoms with Gasteiger partial charge < -0.3 is 0 Å². The Bertz CT molecular complexity index is 1060. The highest BCUT2D eigenvalue weighted by Crippen LogP contribution is 2.43. The molecule has 0 fully saturated rings. The number of aryl methyl sites for hydroxylation is 2. The molecule has 0 spiro atoms. The van der Waals surface area contributed by atoms with Crippen molar-refractivity contribution in [1.82, 2.24) is 9.97 Å². The van der Waals surface area contributed by atoms with Crippen LogP contribution in [0.4, 0.5) is 0 Å². The van der Waals surface area contributed by atoms with Crippen molar-refractivity contribution in [2.24, 2.45) is 0 Å². The van der Waals surface area contributed by atoms with E-state index < -0.39 is 0 Å². The molecule has 4 heterocycles. The van der Waals surface area contributed by atoms with Gasteiger partial charge in [-0.15, -0.1) is 22.7 Å². The molecule has 0 aliphatic heterocycles. The summed E-state index contributed by atoms with van der Waals surface area (Å²) in [6.07, 6.45) is 8.64. The largest absolute Gasteiger partial charge is 0.222 e. The average molecular weight is 461 g/mol. The van der Waals surface area contributed by atoms with E-state index in [1.54, 1.807) is 22.7 Å². The Morgan fingerprint density at radius 1 is 0.759 bits per heavy atom. The van der Waals surface area contributed by atoms with Gasteiger partial charge in [-0.2, -0.15) is 0 Å². The van der Waals surface area contributed by atoms with Crippen LogP contribution in [0.25, 0.3) is 29.4 Å². The van der Waals surface area contributed by atoms with Gasteiger partial charge in [0, 0.05) is 0 Å². The number of thiophene rings is 2. The Morgan fingerprint density at radius 3 is 2.00 bits per heavy atom. The predicted octanol–water partition coefficient (Wildman–Crippen LogP) is 8.77. The van der Waals surface area contributed by atoms with E-state index in [2.05, 4.69) is 38.5 Å². The molecule has 0 bridgehead atoms. The smallest absolute Gasteiger partial charge is 0.155 e.